The van der Waals surface area contributed by atoms with E-state index in [0.29, 0.717) is 6.54 Å². The first kappa shape index (κ1) is 15.3. The van der Waals surface area contributed by atoms with Crippen molar-refractivity contribution in [3.05, 3.63) is 94.2 Å². The quantitative estimate of drug-likeness (QED) is 0.721. The van der Waals surface area contributed by atoms with E-state index in [-0.39, 0.29) is 12.1 Å². The molecule has 4 heteroatoms. The van der Waals surface area contributed by atoms with E-state index in [2.05, 4.69) is 10.6 Å². The Hall–Kier alpha value is -2.59. The highest BCUT2D eigenvalue weighted by Crippen LogP contribution is 2.25. The van der Waals surface area contributed by atoms with Gasteiger partial charge >= 0.3 is 6.03 Å². The first-order valence-corrected chi connectivity index (χ1v) is 8.37. The topological polar surface area (TPSA) is 41.1 Å². The molecule has 0 radical (unpaired) electrons. The minimum Gasteiger partial charge on any atom is -0.334 e. The van der Waals surface area contributed by atoms with Gasteiger partial charge in [-0.3, -0.25) is 0 Å². The Bertz CT molecular complexity index is 727. The summed E-state index contributed by atoms with van der Waals surface area (Å²) in [6.45, 7) is 0.513. The monoisotopic (exact) mass is 322 g/mol. The largest absolute Gasteiger partial charge is 0.334 e. The van der Waals surface area contributed by atoms with E-state index >= 15 is 0 Å². The van der Waals surface area contributed by atoms with Gasteiger partial charge in [0.15, 0.2) is 0 Å². The lowest BCUT2D eigenvalue weighted by Gasteiger charge is -2.18. The Morgan fingerprint density at radius 2 is 1.61 bits per heavy atom. The highest BCUT2D eigenvalue weighted by molar-refractivity contribution is 7.10. The van der Waals surface area contributed by atoms with Crippen LogP contribution in [0.5, 0.6) is 0 Å². The molecule has 1 aromatic heterocycles. The van der Waals surface area contributed by atoms with Crippen LogP contribution in [0.3, 0.4) is 0 Å². The van der Waals surface area contributed by atoms with Gasteiger partial charge in [0.1, 0.15) is 0 Å². The van der Waals surface area contributed by atoms with Crippen LogP contribution < -0.4 is 10.6 Å². The number of benzene rings is 2. The zero-order chi connectivity index (χ0) is 15.9. The molecule has 23 heavy (non-hydrogen) atoms. The fraction of sp³-hybridized carbons (Fsp3) is 0.105. The Kier molecular flexibility index (Phi) is 5.06. The number of hydrogen-bond acceptors (Lipinski definition) is 2. The maximum atomic E-state index is 12.3. The van der Waals surface area contributed by atoms with E-state index in [1.165, 1.54) is 0 Å². The van der Waals surface area contributed by atoms with Crippen LogP contribution in [0.15, 0.2) is 78.2 Å². The van der Waals surface area contributed by atoms with Crippen molar-refractivity contribution in [2.75, 3.05) is 0 Å². The Morgan fingerprint density at radius 3 is 2.26 bits per heavy atom. The van der Waals surface area contributed by atoms with Gasteiger partial charge in [-0.2, -0.15) is 0 Å². The van der Waals surface area contributed by atoms with Crippen LogP contribution in [0, 0.1) is 0 Å². The van der Waals surface area contributed by atoms with Crippen molar-refractivity contribution in [1.82, 2.24) is 10.6 Å². The van der Waals surface area contributed by atoms with Gasteiger partial charge in [-0.1, -0.05) is 66.7 Å². The highest BCUT2D eigenvalue weighted by atomic mass is 32.1. The Labute approximate surface area is 140 Å². The zero-order valence-electron chi connectivity index (χ0n) is 12.6. The third-order valence-electron chi connectivity index (χ3n) is 3.53. The zero-order valence-corrected chi connectivity index (χ0v) is 13.4. The van der Waals surface area contributed by atoms with E-state index in [4.69, 9.17) is 0 Å². The molecule has 3 nitrogen and oxygen atoms in total. The van der Waals surface area contributed by atoms with Crippen molar-refractivity contribution in [3.63, 3.8) is 0 Å². The number of nitrogens with one attached hydrogen (secondary N) is 2. The maximum Gasteiger partial charge on any atom is 0.315 e. The van der Waals surface area contributed by atoms with Gasteiger partial charge in [-0.25, -0.2) is 4.79 Å². The molecule has 1 atom stereocenters. The molecule has 0 unspecified atom stereocenters. The fourth-order valence-electron chi connectivity index (χ4n) is 2.38. The molecule has 0 aliphatic heterocycles. The molecule has 0 saturated heterocycles. The van der Waals surface area contributed by atoms with Gasteiger partial charge in [-0.15, -0.1) is 11.3 Å². The first-order chi connectivity index (χ1) is 11.3. The molecule has 3 aromatic rings. The molecular formula is C19H18N2OS. The number of amides is 2. The smallest absolute Gasteiger partial charge is 0.315 e. The average Bonchev–Trinajstić information content (AvgIpc) is 3.14. The molecule has 2 N–H and O–H groups in total. The average molecular weight is 322 g/mol. The summed E-state index contributed by atoms with van der Waals surface area (Å²) in [6.07, 6.45) is 0. The summed E-state index contributed by atoms with van der Waals surface area (Å²) in [6, 6.07) is 23.6. The van der Waals surface area contributed by atoms with E-state index in [9.17, 15) is 4.79 Å². The molecule has 0 saturated carbocycles. The van der Waals surface area contributed by atoms with Crippen LogP contribution >= 0.6 is 11.3 Å². The third-order valence-corrected chi connectivity index (χ3v) is 4.47. The van der Waals surface area contributed by atoms with E-state index in [0.717, 1.165) is 16.0 Å². The predicted molar refractivity (Wildman–Crippen MR) is 94.4 cm³/mol. The van der Waals surface area contributed by atoms with E-state index in [1.807, 2.05) is 78.2 Å². The first-order valence-electron chi connectivity index (χ1n) is 7.49. The molecule has 2 amide bonds. The van der Waals surface area contributed by atoms with Crippen molar-refractivity contribution < 1.29 is 4.79 Å². The molecular weight excluding hydrogens is 304 g/mol. The second-order valence-corrected chi connectivity index (χ2v) is 6.15. The number of rotatable bonds is 5. The van der Waals surface area contributed by atoms with E-state index in [1.54, 1.807) is 11.3 Å². The lowest BCUT2D eigenvalue weighted by atomic mass is 10.1. The van der Waals surface area contributed by atoms with Crippen LogP contribution in [0.25, 0.3) is 0 Å². The van der Waals surface area contributed by atoms with Crippen LogP contribution in [0.1, 0.15) is 22.0 Å². The summed E-state index contributed by atoms with van der Waals surface area (Å²) in [5, 5.41) is 8.00. The van der Waals surface area contributed by atoms with Gasteiger partial charge in [0.05, 0.1) is 6.04 Å². The van der Waals surface area contributed by atoms with Gasteiger partial charge in [0, 0.05) is 11.4 Å². The number of hydrogen-bond donors (Lipinski definition) is 2. The number of thiophene rings is 1. The predicted octanol–water partition coefficient (Wildman–Crippen LogP) is 4.34. The molecule has 0 aliphatic rings. The van der Waals surface area contributed by atoms with E-state index < -0.39 is 0 Å². The van der Waals surface area contributed by atoms with Crippen molar-refractivity contribution in [3.8, 4) is 0 Å². The molecule has 0 bridgehead atoms. The Morgan fingerprint density at radius 1 is 0.913 bits per heavy atom. The van der Waals surface area contributed by atoms with Gasteiger partial charge in [-0.05, 0) is 22.6 Å². The summed E-state index contributed by atoms with van der Waals surface area (Å²) in [5.41, 5.74) is 2.15. The maximum absolute atomic E-state index is 12.3. The minimum atomic E-state index is -0.170. The summed E-state index contributed by atoms with van der Waals surface area (Å²) in [7, 11) is 0. The second-order valence-electron chi connectivity index (χ2n) is 5.17. The summed E-state index contributed by atoms with van der Waals surface area (Å²) < 4.78 is 0. The SMILES string of the molecule is O=C(NCc1ccccc1)N[C@H](c1ccccc1)c1cccs1. The molecule has 2 aromatic carbocycles. The number of carbonyl (C=O) groups excluding carboxylic acids is 1. The molecule has 0 aliphatic carbocycles. The summed E-state index contributed by atoms with van der Waals surface area (Å²) in [4.78, 5) is 13.4. The molecule has 0 fully saturated rings. The van der Waals surface area contributed by atoms with Gasteiger partial charge < -0.3 is 10.6 Å². The van der Waals surface area contributed by atoms with Gasteiger partial charge in [0.2, 0.25) is 0 Å². The molecule has 1 heterocycles. The highest BCUT2D eigenvalue weighted by Gasteiger charge is 2.17. The fourth-order valence-corrected chi connectivity index (χ4v) is 3.18. The van der Waals surface area contributed by atoms with Crippen molar-refractivity contribution in [1.29, 1.82) is 0 Å². The van der Waals surface area contributed by atoms with Gasteiger partial charge in [0.25, 0.3) is 0 Å². The molecule has 116 valence electrons. The molecule has 0 spiro atoms. The molecule has 3 rings (SSSR count). The number of carbonyl (C=O) groups is 1. The normalized spacial score (nSPS) is 11.7. The number of urea groups is 1. The third kappa shape index (κ3) is 4.20. The van der Waals surface area contributed by atoms with Crippen molar-refractivity contribution >= 4 is 17.4 Å². The van der Waals surface area contributed by atoms with Crippen LogP contribution in [-0.4, -0.2) is 6.03 Å². The lowest BCUT2D eigenvalue weighted by molar-refractivity contribution is 0.238. The van der Waals surface area contributed by atoms with Crippen molar-refractivity contribution in [2.24, 2.45) is 0 Å². The standard InChI is InChI=1S/C19H18N2OS/c22-19(20-14-15-8-3-1-4-9-15)21-18(17-12-7-13-23-17)16-10-5-2-6-11-16/h1-13,18H,14H2,(H2,20,21,22)/t18-/m1/s1. The summed E-state index contributed by atoms with van der Waals surface area (Å²) in [5.74, 6) is 0. The van der Waals surface area contributed by atoms with Crippen molar-refractivity contribution in [2.45, 2.75) is 12.6 Å². The van der Waals surface area contributed by atoms with Crippen LogP contribution in [0.2, 0.25) is 0 Å². The second kappa shape index (κ2) is 7.61. The van der Waals surface area contributed by atoms with Crippen LogP contribution in [0.4, 0.5) is 4.79 Å². The van der Waals surface area contributed by atoms with Crippen LogP contribution in [-0.2, 0) is 6.54 Å². The lowest BCUT2D eigenvalue weighted by Crippen LogP contribution is -2.37. The minimum absolute atomic E-state index is 0.132. The Balaban J connectivity index is 1.68. The summed E-state index contributed by atoms with van der Waals surface area (Å²) >= 11 is 1.64.